The second kappa shape index (κ2) is 6.70. The molecule has 0 saturated carbocycles. The number of hydrogen-bond donors (Lipinski definition) is 0. The molecule has 0 bridgehead atoms. The van der Waals surface area contributed by atoms with Crippen molar-refractivity contribution < 1.29 is 14.5 Å². The maximum absolute atomic E-state index is 12.5. The van der Waals surface area contributed by atoms with Gasteiger partial charge >= 0.3 is 6.09 Å². The van der Waals surface area contributed by atoms with E-state index in [0.29, 0.717) is 6.61 Å². The first-order chi connectivity index (χ1) is 11.6. The number of amides is 1. The summed E-state index contributed by atoms with van der Waals surface area (Å²) in [5.74, 6) is 0. The van der Waals surface area contributed by atoms with E-state index in [4.69, 9.17) is 4.74 Å². The first-order valence-electron chi connectivity index (χ1n) is 7.90. The van der Waals surface area contributed by atoms with Crippen molar-refractivity contribution >= 4 is 17.5 Å². The van der Waals surface area contributed by atoms with Crippen LogP contribution in [0.25, 0.3) is 0 Å². The lowest BCUT2D eigenvalue weighted by Crippen LogP contribution is -2.38. The molecule has 2 aromatic rings. The summed E-state index contributed by atoms with van der Waals surface area (Å²) in [7, 11) is 0. The SMILES string of the molecule is CCOC(=O)N1c2ccccc2CC[C@H]1c1ccc([N+](=O)[O-])cc1. The number of carbonyl (C=O) groups excluding carboxylic acids is 1. The Morgan fingerprint density at radius 1 is 1.25 bits per heavy atom. The maximum Gasteiger partial charge on any atom is 0.414 e. The van der Waals surface area contributed by atoms with E-state index in [1.807, 2.05) is 24.3 Å². The van der Waals surface area contributed by atoms with Crippen molar-refractivity contribution in [2.24, 2.45) is 0 Å². The Labute approximate surface area is 139 Å². The van der Waals surface area contributed by atoms with Crippen LogP contribution >= 0.6 is 0 Å². The lowest BCUT2D eigenvalue weighted by Gasteiger charge is -2.36. The highest BCUT2D eigenvalue weighted by Gasteiger charge is 2.33. The van der Waals surface area contributed by atoms with Gasteiger partial charge in [-0.25, -0.2) is 4.79 Å². The summed E-state index contributed by atoms with van der Waals surface area (Å²) < 4.78 is 5.23. The van der Waals surface area contributed by atoms with Gasteiger partial charge in [0.1, 0.15) is 0 Å². The molecule has 24 heavy (non-hydrogen) atoms. The van der Waals surface area contributed by atoms with Crippen molar-refractivity contribution in [3.8, 4) is 0 Å². The monoisotopic (exact) mass is 326 g/mol. The second-order valence-electron chi connectivity index (χ2n) is 5.60. The maximum atomic E-state index is 12.5. The zero-order valence-electron chi connectivity index (χ0n) is 13.3. The molecule has 0 spiro atoms. The van der Waals surface area contributed by atoms with Crippen LogP contribution in [-0.2, 0) is 11.2 Å². The fourth-order valence-electron chi connectivity index (χ4n) is 3.10. The van der Waals surface area contributed by atoms with Gasteiger partial charge < -0.3 is 4.74 Å². The number of nitro benzene ring substituents is 1. The summed E-state index contributed by atoms with van der Waals surface area (Å²) in [6.07, 6.45) is 1.19. The van der Waals surface area contributed by atoms with Crippen LogP contribution in [-0.4, -0.2) is 17.6 Å². The van der Waals surface area contributed by atoms with E-state index in [-0.39, 0.29) is 11.7 Å². The minimum atomic E-state index is -0.428. The molecule has 0 fully saturated rings. The van der Waals surface area contributed by atoms with E-state index >= 15 is 0 Å². The summed E-state index contributed by atoms with van der Waals surface area (Å²) in [6, 6.07) is 13.9. The van der Waals surface area contributed by atoms with E-state index in [1.165, 1.54) is 12.1 Å². The molecule has 1 heterocycles. The van der Waals surface area contributed by atoms with Crippen LogP contribution in [0.15, 0.2) is 48.5 Å². The highest BCUT2D eigenvalue weighted by atomic mass is 16.6. The smallest absolute Gasteiger partial charge is 0.414 e. The molecule has 1 atom stereocenters. The second-order valence-corrected chi connectivity index (χ2v) is 5.60. The molecule has 0 aliphatic carbocycles. The van der Waals surface area contributed by atoms with Crippen molar-refractivity contribution in [2.75, 3.05) is 11.5 Å². The Kier molecular flexibility index (Phi) is 4.46. The number of hydrogen-bond acceptors (Lipinski definition) is 4. The van der Waals surface area contributed by atoms with E-state index in [1.54, 1.807) is 24.0 Å². The molecule has 0 unspecified atom stereocenters. The number of nitro groups is 1. The summed E-state index contributed by atoms with van der Waals surface area (Å²) in [4.78, 5) is 24.6. The number of para-hydroxylation sites is 1. The third-order valence-corrected chi connectivity index (χ3v) is 4.20. The molecule has 0 aromatic heterocycles. The van der Waals surface area contributed by atoms with Gasteiger partial charge in [-0.05, 0) is 37.0 Å². The van der Waals surface area contributed by atoms with Crippen LogP contribution in [0, 0.1) is 10.1 Å². The average Bonchev–Trinajstić information content (AvgIpc) is 2.61. The molecular formula is C18H18N2O4. The van der Waals surface area contributed by atoms with E-state index < -0.39 is 11.0 Å². The van der Waals surface area contributed by atoms with Crippen molar-refractivity contribution in [1.82, 2.24) is 0 Å². The number of rotatable bonds is 3. The highest BCUT2D eigenvalue weighted by Crippen LogP contribution is 2.39. The van der Waals surface area contributed by atoms with Gasteiger partial charge in [-0.1, -0.05) is 30.3 Å². The minimum absolute atomic E-state index is 0.0395. The molecule has 1 amide bonds. The Morgan fingerprint density at radius 3 is 2.62 bits per heavy atom. The van der Waals surface area contributed by atoms with Crippen LogP contribution in [0.2, 0.25) is 0 Å². The number of benzene rings is 2. The number of carbonyl (C=O) groups is 1. The molecule has 6 heteroatoms. The van der Waals surface area contributed by atoms with Gasteiger partial charge in [0.2, 0.25) is 0 Å². The van der Waals surface area contributed by atoms with Crippen LogP contribution in [0.4, 0.5) is 16.2 Å². The Bertz CT molecular complexity index is 758. The lowest BCUT2D eigenvalue weighted by molar-refractivity contribution is -0.384. The van der Waals surface area contributed by atoms with E-state index in [9.17, 15) is 14.9 Å². The molecule has 0 saturated heterocycles. The molecule has 3 rings (SSSR count). The first-order valence-corrected chi connectivity index (χ1v) is 7.90. The highest BCUT2D eigenvalue weighted by molar-refractivity contribution is 5.90. The van der Waals surface area contributed by atoms with Gasteiger partial charge in [-0.3, -0.25) is 15.0 Å². The topological polar surface area (TPSA) is 72.7 Å². The molecule has 2 aromatic carbocycles. The molecule has 1 aliphatic heterocycles. The zero-order valence-corrected chi connectivity index (χ0v) is 13.3. The van der Waals surface area contributed by atoms with Crippen molar-refractivity contribution in [3.05, 3.63) is 69.8 Å². The molecule has 0 radical (unpaired) electrons. The Balaban J connectivity index is 1.99. The van der Waals surface area contributed by atoms with Gasteiger partial charge in [0.25, 0.3) is 5.69 Å². The first kappa shape index (κ1) is 16.0. The summed E-state index contributed by atoms with van der Waals surface area (Å²) in [5, 5.41) is 10.8. The quantitative estimate of drug-likeness (QED) is 0.624. The van der Waals surface area contributed by atoms with Gasteiger partial charge in [0, 0.05) is 12.1 Å². The molecule has 0 N–H and O–H groups in total. The third-order valence-electron chi connectivity index (χ3n) is 4.20. The number of fused-ring (bicyclic) bond motifs is 1. The van der Waals surface area contributed by atoms with Crippen LogP contribution < -0.4 is 4.90 Å². The summed E-state index contributed by atoms with van der Waals surface area (Å²) >= 11 is 0. The largest absolute Gasteiger partial charge is 0.449 e. The standard InChI is InChI=1S/C18H18N2O4/c1-2-24-18(21)19-16-6-4-3-5-13(16)9-12-17(19)14-7-10-15(11-8-14)20(22)23/h3-8,10-11,17H,2,9,12H2,1H3/t17-/m0/s1. The summed E-state index contributed by atoms with van der Waals surface area (Å²) in [6.45, 7) is 2.07. The molecular weight excluding hydrogens is 308 g/mol. The van der Waals surface area contributed by atoms with Crippen LogP contribution in [0.1, 0.15) is 30.5 Å². The number of nitrogens with zero attached hydrogens (tertiary/aromatic N) is 2. The van der Waals surface area contributed by atoms with Gasteiger partial charge in [0.05, 0.1) is 23.3 Å². The van der Waals surface area contributed by atoms with Gasteiger partial charge in [-0.15, -0.1) is 0 Å². The van der Waals surface area contributed by atoms with E-state index in [2.05, 4.69) is 0 Å². The number of anilines is 1. The fourth-order valence-corrected chi connectivity index (χ4v) is 3.10. The molecule has 1 aliphatic rings. The number of ether oxygens (including phenoxy) is 1. The zero-order chi connectivity index (χ0) is 17.1. The normalized spacial score (nSPS) is 16.4. The van der Waals surface area contributed by atoms with Gasteiger partial charge in [-0.2, -0.15) is 0 Å². The van der Waals surface area contributed by atoms with Crippen molar-refractivity contribution in [2.45, 2.75) is 25.8 Å². The van der Waals surface area contributed by atoms with Crippen molar-refractivity contribution in [3.63, 3.8) is 0 Å². The van der Waals surface area contributed by atoms with E-state index in [0.717, 1.165) is 29.7 Å². The molecule has 124 valence electrons. The third kappa shape index (κ3) is 2.95. The minimum Gasteiger partial charge on any atom is -0.449 e. The van der Waals surface area contributed by atoms with Gasteiger partial charge in [0.15, 0.2) is 0 Å². The van der Waals surface area contributed by atoms with Crippen LogP contribution in [0.3, 0.4) is 0 Å². The predicted molar refractivity (Wildman–Crippen MR) is 90.1 cm³/mol. The fraction of sp³-hybridized carbons (Fsp3) is 0.278. The molecule has 6 nitrogen and oxygen atoms in total. The van der Waals surface area contributed by atoms with Crippen LogP contribution in [0.5, 0.6) is 0 Å². The predicted octanol–water partition coefficient (Wildman–Crippen LogP) is 4.25. The number of aryl methyl sites for hydroxylation is 1. The average molecular weight is 326 g/mol. The Hall–Kier alpha value is -2.89. The Morgan fingerprint density at radius 2 is 1.96 bits per heavy atom. The van der Waals surface area contributed by atoms with Crippen molar-refractivity contribution in [1.29, 1.82) is 0 Å². The number of non-ortho nitro benzene ring substituents is 1. The lowest BCUT2D eigenvalue weighted by atomic mass is 9.91. The summed E-state index contributed by atoms with van der Waals surface area (Å²) in [5.41, 5.74) is 2.84.